The van der Waals surface area contributed by atoms with E-state index in [4.69, 9.17) is 14.2 Å². The first-order chi connectivity index (χ1) is 13.2. The minimum Gasteiger partial charge on any atom is -0.490 e. The van der Waals surface area contributed by atoms with Gasteiger partial charge in [0.15, 0.2) is 5.96 Å². The van der Waals surface area contributed by atoms with Gasteiger partial charge in [-0.15, -0.1) is 0 Å². The maximum Gasteiger partial charge on any atom is 0.213 e. The Bertz CT molecular complexity index is 677. The predicted octanol–water partition coefficient (Wildman–Crippen LogP) is 2.24. The van der Waals surface area contributed by atoms with Gasteiger partial charge in [0.25, 0.3) is 0 Å². The zero-order chi connectivity index (χ0) is 19.3. The van der Waals surface area contributed by atoms with Gasteiger partial charge in [0.05, 0.1) is 6.61 Å². The van der Waals surface area contributed by atoms with E-state index >= 15 is 0 Å². The average Bonchev–Trinajstić information content (AvgIpc) is 2.70. The molecule has 0 saturated carbocycles. The highest BCUT2D eigenvalue weighted by Crippen LogP contribution is 2.09. The van der Waals surface area contributed by atoms with Crippen molar-refractivity contribution < 1.29 is 14.2 Å². The molecular weight excluding hydrogens is 344 g/mol. The number of ether oxygens (including phenoxy) is 3. The molecule has 146 valence electrons. The zero-order valence-electron chi connectivity index (χ0n) is 16.1. The number of hydrogen-bond donors (Lipinski definition) is 2. The Hall–Kier alpha value is -2.80. The van der Waals surface area contributed by atoms with E-state index in [9.17, 15) is 0 Å². The first-order valence-electron chi connectivity index (χ1n) is 8.93. The molecule has 0 fully saturated rings. The molecule has 0 amide bonds. The van der Waals surface area contributed by atoms with E-state index in [0.717, 1.165) is 17.3 Å². The van der Waals surface area contributed by atoms with E-state index in [-0.39, 0.29) is 6.04 Å². The minimum atomic E-state index is 0.174. The highest BCUT2D eigenvalue weighted by atomic mass is 16.5. The van der Waals surface area contributed by atoms with Crippen molar-refractivity contribution in [3.8, 4) is 11.6 Å². The Labute approximate surface area is 160 Å². The van der Waals surface area contributed by atoms with Crippen LogP contribution in [0.15, 0.2) is 53.7 Å². The summed E-state index contributed by atoms with van der Waals surface area (Å²) in [5, 5.41) is 6.50. The summed E-state index contributed by atoms with van der Waals surface area (Å²) in [6.45, 7) is 4.17. The zero-order valence-corrected chi connectivity index (χ0v) is 16.1. The summed E-state index contributed by atoms with van der Waals surface area (Å²) < 4.78 is 16.3. The number of methoxy groups -OCH3 is 1. The molecule has 0 aliphatic heterocycles. The molecule has 27 heavy (non-hydrogen) atoms. The monoisotopic (exact) mass is 372 g/mol. The fourth-order valence-corrected chi connectivity index (χ4v) is 2.33. The number of nitrogens with zero attached hydrogens (tertiary/aromatic N) is 2. The lowest BCUT2D eigenvalue weighted by Gasteiger charge is -2.17. The van der Waals surface area contributed by atoms with Crippen LogP contribution in [-0.4, -0.2) is 51.0 Å². The molecule has 0 aliphatic rings. The van der Waals surface area contributed by atoms with Crippen LogP contribution in [-0.2, 0) is 11.3 Å². The number of hydrogen-bond acceptors (Lipinski definition) is 5. The molecule has 0 spiro atoms. The normalized spacial score (nSPS) is 12.3. The van der Waals surface area contributed by atoms with Crippen molar-refractivity contribution in [1.29, 1.82) is 0 Å². The van der Waals surface area contributed by atoms with Crippen LogP contribution in [0.3, 0.4) is 0 Å². The second-order valence-corrected chi connectivity index (χ2v) is 5.94. The Morgan fingerprint density at radius 1 is 1.11 bits per heavy atom. The van der Waals surface area contributed by atoms with Crippen molar-refractivity contribution in [1.82, 2.24) is 15.6 Å². The van der Waals surface area contributed by atoms with Crippen molar-refractivity contribution in [2.45, 2.75) is 19.5 Å². The van der Waals surface area contributed by atoms with Gasteiger partial charge < -0.3 is 24.8 Å². The Morgan fingerprint density at radius 2 is 1.89 bits per heavy atom. The quantitative estimate of drug-likeness (QED) is 0.378. The molecule has 2 aromatic rings. The molecule has 1 aromatic carbocycles. The average molecular weight is 372 g/mol. The molecule has 1 aromatic heterocycles. The number of pyridine rings is 1. The summed E-state index contributed by atoms with van der Waals surface area (Å²) in [6, 6.07) is 13.7. The van der Waals surface area contributed by atoms with Crippen LogP contribution in [0.5, 0.6) is 11.6 Å². The molecule has 7 heteroatoms. The van der Waals surface area contributed by atoms with Gasteiger partial charge in [-0.05, 0) is 24.6 Å². The van der Waals surface area contributed by atoms with Gasteiger partial charge in [-0.3, -0.25) is 4.99 Å². The predicted molar refractivity (Wildman–Crippen MR) is 106 cm³/mol. The Balaban J connectivity index is 1.69. The first kappa shape index (κ1) is 20.5. The van der Waals surface area contributed by atoms with Crippen LogP contribution in [0.4, 0.5) is 0 Å². The van der Waals surface area contributed by atoms with E-state index in [1.165, 1.54) is 0 Å². The molecule has 0 saturated heterocycles. The fourth-order valence-electron chi connectivity index (χ4n) is 2.33. The lowest BCUT2D eigenvalue weighted by Crippen LogP contribution is -2.43. The number of aromatic nitrogens is 1. The van der Waals surface area contributed by atoms with E-state index in [1.54, 1.807) is 20.4 Å². The smallest absolute Gasteiger partial charge is 0.213 e. The van der Waals surface area contributed by atoms with Crippen LogP contribution < -0.4 is 20.1 Å². The molecule has 7 nitrogen and oxygen atoms in total. The number of benzene rings is 1. The topological polar surface area (TPSA) is 77.0 Å². The number of rotatable bonds is 10. The summed E-state index contributed by atoms with van der Waals surface area (Å²) in [5.74, 6) is 2.13. The fraction of sp³-hybridized carbons (Fsp3) is 0.400. The van der Waals surface area contributed by atoms with E-state index in [1.807, 2.05) is 49.4 Å². The maximum atomic E-state index is 5.60. The molecule has 2 N–H and O–H groups in total. The SMILES string of the molecule is CN=C(NCc1ccc(OCCOc2ccccc2)nc1)NC(C)COC. The lowest BCUT2D eigenvalue weighted by atomic mass is 10.3. The second-order valence-electron chi connectivity index (χ2n) is 5.94. The summed E-state index contributed by atoms with van der Waals surface area (Å²) in [7, 11) is 3.42. The van der Waals surface area contributed by atoms with Gasteiger partial charge in [0, 0.05) is 39.0 Å². The molecule has 1 atom stereocenters. The molecule has 0 aliphatic carbocycles. The summed E-state index contributed by atoms with van der Waals surface area (Å²) in [6.07, 6.45) is 1.78. The molecule has 2 rings (SSSR count). The van der Waals surface area contributed by atoms with Crippen LogP contribution in [0, 0.1) is 0 Å². The molecule has 1 unspecified atom stereocenters. The van der Waals surface area contributed by atoms with Crippen molar-refractivity contribution in [3.63, 3.8) is 0 Å². The van der Waals surface area contributed by atoms with E-state index in [2.05, 4.69) is 20.6 Å². The van der Waals surface area contributed by atoms with Gasteiger partial charge in [0.1, 0.15) is 19.0 Å². The van der Waals surface area contributed by atoms with Crippen molar-refractivity contribution >= 4 is 5.96 Å². The summed E-state index contributed by atoms with van der Waals surface area (Å²) in [5.41, 5.74) is 1.03. The highest BCUT2D eigenvalue weighted by Gasteiger charge is 2.05. The number of para-hydroxylation sites is 1. The highest BCUT2D eigenvalue weighted by molar-refractivity contribution is 5.79. The van der Waals surface area contributed by atoms with Gasteiger partial charge >= 0.3 is 0 Å². The third kappa shape index (κ3) is 7.96. The molecule has 1 heterocycles. The molecule has 0 radical (unpaired) electrons. The van der Waals surface area contributed by atoms with E-state index < -0.39 is 0 Å². The van der Waals surface area contributed by atoms with Gasteiger partial charge in [0.2, 0.25) is 5.88 Å². The van der Waals surface area contributed by atoms with Gasteiger partial charge in [-0.2, -0.15) is 0 Å². The molecular formula is C20H28N4O3. The lowest BCUT2D eigenvalue weighted by molar-refractivity contribution is 0.179. The first-order valence-corrected chi connectivity index (χ1v) is 8.93. The minimum absolute atomic E-state index is 0.174. The van der Waals surface area contributed by atoms with Crippen molar-refractivity contribution in [3.05, 3.63) is 54.2 Å². The Morgan fingerprint density at radius 3 is 2.56 bits per heavy atom. The summed E-state index contributed by atoms with van der Waals surface area (Å²) >= 11 is 0. The molecule has 0 bridgehead atoms. The second kappa shape index (κ2) is 11.7. The van der Waals surface area contributed by atoms with Crippen LogP contribution in [0.2, 0.25) is 0 Å². The number of aliphatic imine (C=N–C) groups is 1. The third-order valence-electron chi connectivity index (χ3n) is 3.63. The Kier molecular flexibility index (Phi) is 8.92. The maximum absolute atomic E-state index is 5.60. The van der Waals surface area contributed by atoms with Crippen molar-refractivity contribution in [2.75, 3.05) is 34.0 Å². The van der Waals surface area contributed by atoms with Crippen LogP contribution in [0.25, 0.3) is 0 Å². The van der Waals surface area contributed by atoms with Gasteiger partial charge in [-0.25, -0.2) is 4.98 Å². The standard InChI is InChI=1S/C20H28N4O3/c1-16(15-25-3)24-20(21-2)23-14-17-9-10-19(22-13-17)27-12-11-26-18-7-5-4-6-8-18/h4-10,13,16H,11-12,14-15H2,1-3H3,(H2,21,23,24). The third-order valence-corrected chi connectivity index (χ3v) is 3.63. The number of nitrogens with one attached hydrogen (secondary N) is 2. The number of guanidine groups is 1. The van der Waals surface area contributed by atoms with Crippen LogP contribution in [0.1, 0.15) is 12.5 Å². The summed E-state index contributed by atoms with van der Waals surface area (Å²) in [4.78, 5) is 8.52. The van der Waals surface area contributed by atoms with Crippen molar-refractivity contribution in [2.24, 2.45) is 4.99 Å². The largest absolute Gasteiger partial charge is 0.490 e. The van der Waals surface area contributed by atoms with E-state index in [0.29, 0.717) is 32.2 Å². The van der Waals surface area contributed by atoms with Gasteiger partial charge in [-0.1, -0.05) is 24.3 Å². The van der Waals surface area contributed by atoms with Crippen LogP contribution >= 0.6 is 0 Å².